The van der Waals surface area contributed by atoms with Gasteiger partial charge >= 0.3 is 6.03 Å². The quantitative estimate of drug-likeness (QED) is 0.760. The number of amides is 3. The molecule has 0 radical (unpaired) electrons. The molecular weight excluding hydrogens is 414 g/mol. The lowest BCUT2D eigenvalue weighted by atomic mass is 10.0. The lowest BCUT2D eigenvalue weighted by Gasteiger charge is -2.37. The fourth-order valence-electron chi connectivity index (χ4n) is 4.35. The number of nitrogens with zero attached hydrogens (tertiary/aromatic N) is 2. The largest absolute Gasteiger partial charge is 0.347 e. The summed E-state index contributed by atoms with van der Waals surface area (Å²) in [6, 6.07) is 13.3. The maximum absolute atomic E-state index is 13.1. The summed E-state index contributed by atoms with van der Waals surface area (Å²) in [6.45, 7) is 4.92. The minimum atomic E-state index is -0.505. The van der Waals surface area contributed by atoms with Crippen molar-refractivity contribution in [3.8, 4) is 0 Å². The number of piperidine rings is 1. The highest BCUT2D eigenvalue weighted by Crippen LogP contribution is 2.42. The van der Waals surface area contributed by atoms with Crippen LogP contribution in [0.25, 0.3) is 0 Å². The number of hydrogen-bond acceptors (Lipinski definition) is 5. The second-order valence-corrected chi connectivity index (χ2v) is 8.94. The van der Waals surface area contributed by atoms with Crippen LogP contribution in [0.5, 0.6) is 0 Å². The second kappa shape index (κ2) is 8.18. The lowest BCUT2D eigenvalue weighted by molar-refractivity contribution is -0.181. The average Bonchev–Trinajstić information content (AvgIpc) is 3.19. The van der Waals surface area contributed by atoms with Crippen molar-refractivity contribution in [3.05, 3.63) is 48.0 Å². The lowest BCUT2D eigenvalue weighted by Crippen LogP contribution is -2.48. The number of rotatable bonds is 2. The van der Waals surface area contributed by atoms with Gasteiger partial charge in [0, 0.05) is 48.0 Å². The van der Waals surface area contributed by atoms with Gasteiger partial charge in [-0.1, -0.05) is 23.9 Å². The van der Waals surface area contributed by atoms with Gasteiger partial charge in [0.1, 0.15) is 0 Å². The topological polar surface area (TPSA) is 71.1 Å². The van der Waals surface area contributed by atoms with Crippen LogP contribution in [-0.4, -0.2) is 55.5 Å². The van der Waals surface area contributed by atoms with Crippen molar-refractivity contribution >= 4 is 35.1 Å². The number of nitrogens with one attached hydrogen (secondary N) is 1. The first-order valence-electron chi connectivity index (χ1n) is 10.7. The van der Waals surface area contributed by atoms with E-state index in [1.807, 2.05) is 49.4 Å². The first kappa shape index (κ1) is 20.4. The Balaban J connectivity index is 1.34. The molecule has 0 aliphatic carbocycles. The summed E-state index contributed by atoms with van der Waals surface area (Å²) in [6.07, 6.45) is 1.36. The van der Waals surface area contributed by atoms with Gasteiger partial charge < -0.3 is 24.6 Å². The van der Waals surface area contributed by atoms with Crippen molar-refractivity contribution in [2.24, 2.45) is 0 Å². The number of anilines is 2. The monoisotopic (exact) mass is 439 g/mol. The van der Waals surface area contributed by atoms with E-state index in [9.17, 15) is 9.59 Å². The van der Waals surface area contributed by atoms with E-state index in [1.54, 1.807) is 21.6 Å². The molecule has 162 valence electrons. The molecule has 2 fully saturated rings. The standard InChI is InChI=1S/C23H25N3O4S/c1-2-26-18-15-16(7-8-20(18)31-19-6-4-3-5-17(19)21(26)27)24-22(28)25-11-9-23(10-12-25)29-13-14-30-23/h3-8,15H,2,9-14H2,1H3,(H,24,28). The Hall–Kier alpha value is -2.55. The number of hydrogen-bond donors (Lipinski definition) is 1. The molecule has 3 aliphatic heterocycles. The molecule has 0 aromatic heterocycles. The first-order chi connectivity index (χ1) is 15.1. The minimum absolute atomic E-state index is 0.0225. The molecule has 0 atom stereocenters. The Morgan fingerprint density at radius 2 is 1.84 bits per heavy atom. The predicted octanol–water partition coefficient (Wildman–Crippen LogP) is 4.19. The molecule has 3 aliphatic rings. The van der Waals surface area contributed by atoms with Crippen molar-refractivity contribution in [1.82, 2.24) is 4.90 Å². The van der Waals surface area contributed by atoms with Gasteiger partial charge in [0.15, 0.2) is 5.79 Å². The van der Waals surface area contributed by atoms with Crippen LogP contribution in [0.1, 0.15) is 30.1 Å². The molecule has 3 amide bonds. The van der Waals surface area contributed by atoms with Crippen molar-refractivity contribution < 1.29 is 19.1 Å². The number of fused-ring (bicyclic) bond motifs is 2. The smallest absolute Gasteiger partial charge is 0.321 e. The third-order valence-electron chi connectivity index (χ3n) is 6.03. The molecule has 5 rings (SSSR count). The number of urea groups is 1. The summed E-state index contributed by atoms with van der Waals surface area (Å²) in [4.78, 5) is 31.5. The summed E-state index contributed by atoms with van der Waals surface area (Å²) in [5, 5.41) is 3.00. The molecule has 2 aromatic rings. The maximum atomic E-state index is 13.1. The van der Waals surface area contributed by atoms with Crippen LogP contribution < -0.4 is 10.2 Å². The van der Waals surface area contributed by atoms with Gasteiger partial charge in [0.25, 0.3) is 5.91 Å². The van der Waals surface area contributed by atoms with Crippen molar-refractivity contribution in [1.29, 1.82) is 0 Å². The second-order valence-electron chi connectivity index (χ2n) is 7.85. The normalized spacial score (nSPS) is 19.7. The minimum Gasteiger partial charge on any atom is -0.347 e. The van der Waals surface area contributed by atoms with E-state index in [-0.39, 0.29) is 11.9 Å². The number of benzene rings is 2. The molecule has 0 unspecified atom stereocenters. The zero-order chi connectivity index (χ0) is 21.4. The molecule has 7 nitrogen and oxygen atoms in total. The number of likely N-dealkylation sites (tertiary alicyclic amines) is 1. The molecule has 0 bridgehead atoms. The molecule has 2 aromatic carbocycles. The fraction of sp³-hybridized carbons (Fsp3) is 0.391. The van der Waals surface area contributed by atoms with Gasteiger partial charge in [-0.3, -0.25) is 4.79 Å². The van der Waals surface area contributed by atoms with Crippen LogP contribution in [0.2, 0.25) is 0 Å². The number of carbonyl (C=O) groups is 2. The summed E-state index contributed by atoms with van der Waals surface area (Å²) in [5.41, 5.74) is 2.20. The van der Waals surface area contributed by atoms with Crippen LogP contribution in [0.3, 0.4) is 0 Å². The third kappa shape index (κ3) is 3.79. The van der Waals surface area contributed by atoms with E-state index in [1.165, 1.54) is 0 Å². The highest BCUT2D eigenvalue weighted by molar-refractivity contribution is 7.99. The van der Waals surface area contributed by atoms with E-state index in [0.717, 1.165) is 15.5 Å². The molecule has 1 spiro atoms. The summed E-state index contributed by atoms with van der Waals surface area (Å²) in [5.74, 6) is -0.527. The van der Waals surface area contributed by atoms with E-state index in [2.05, 4.69) is 5.32 Å². The van der Waals surface area contributed by atoms with Gasteiger partial charge in [-0.2, -0.15) is 0 Å². The summed E-state index contributed by atoms with van der Waals surface area (Å²) >= 11 is 1.58. The van der Waals surface area contributed by atoms with Gasteiger partial charge in [0.05, 0.1) is 24.5 Å². The fourth-order valence-corrected chi connectivity index (χ4v) is 5.41. The van der Waals surface area contributed by atoms with E-state index < -0.39 is 5.79 Å². The van der Waals surface area contributed by atoms with Crippen LogP contribution in [0.15, 0.2) is 52.3 Å². The Labute approximate surface area is 185 Å². The zero-order valence-electron chi connectivity index (χ0n) is 17.4. The highest BCUT2D eigenvalue weighted by atomic mass is 32.2. The zero-order valence-corrected chi connectivity index (χ0v) is 18.2. The van der Waals surface area contributed by atoms with Crippen LogP contribution in [-0.2, 0) is 9.47 Å². The molecule has 0 saturated carbocycles. The molecule has 8 heteroatoms. The molecular formula is C23H25N3O4S. The van der Waals surface area contributed by atoms with E-state index in [0.29, 0.717) is 56.9 Å². The Bertz CT molecular complexity index is 1010. The van der Waals surface area contributed by atoms with E-state index in [4.69, 9.17) is 9.47 Å². The van der Waals surface area contributed by atoms with Crippen LogP contribution >= 0.6 is 11.8 Å². The Kier molecular flexibility index (Phi) is 5.37. The van der Waals surface area contributed by atoms with Gasteiger partial charge in [0.2, 0.25) is 0 Å². The van der Waals surface area contributed by atoms with Crippen molar-refractivity contribution in [3.63, 3.8) is 0 Å². The summed E-state index contributed by atoms with van der Waals surface area (Å²) in [7, 11) is 0. The van der Waals surface area contributed by atoms with Gasteiger partial charge in [-0.15, -0.1) is 0 Å². The average molecular weight is 440 g/mol. The molecule has 1 N–H and O–H groups in total. The summed E-state index contributed by atoms with van der Waals surface area (Å²) < 4.78 is 11.5. The van der Waals surface area contributed by atoms with Crippen molar-refractivity contribution in [2.75, 3.05) is 43.1 Å². The van der Waals surface area contributed by atoms with Gasteiger partial charge in [-0.05, 0) is 37.3 Å². The van der Waals surface area contributed by atoms with Crippen LogP contribution in [0.4, 0.5) is 16.2 Å². The predicted molar refractivity (Wildman–Crippen MR) is 119 cm³/mol. The van der Waals surface area contributed by atoms with Crippen molar-refractivity contribution in [2.45, 2.75) is 35.3 Å². The number of ether oxygens (including phenoxy) is 2. The highest BCUT2D eigenvalue weighted by Gasteiger charge is 2.40. The maximum Gasteiger partial charge on any atom is 0.321 e. The first-order valence-corrected chi connectivity index (χ1v) is 11.5. The van der Waals surface area contributed by atoms with Gasteiger partial charge in [-0.25, -0.2) is 4.79 Å². The number of carbonyl (C=O) groups excluding carboxylic acids is 2. The van der Waals surface area contributed by atoms with E-state index >= 15 is 0 Å². The molecule has 2 saturated heterocycles. The Morgan fingerprint density at radius 1 is 1.10 bits per heavy atom. The Morgan fingerprint density at radius 3 is 2.58 bits per heavy atom. The molecule has 3 heterocycles. The molecule has 31 heavy (non-hydrogen) atoms. The van der Waals surface area contributed by atoms with Crippen LogP contribution in [0, 0.1) is 0 Å². The third-order valence-corrected chi connectivity index (χ3v) is 7.17. The SMILES string of the molecule is CCN1C(=O)c2ccccc2Sc2ccc(NC(=O)N3CCC4(CC3)OCCO4)cc21.